The van der Waals surface area contributed by atoms with E-state index in [1.807, 2.05) is 13.8 Å². The number of ether oxygens (including phenoxy) is 1. The first kappa shape index (κ1) is 18.7. The lowest BCUT2D eigenvalue weighted by atomic mass is 10.1. The first-order valence-corrected chi connectivity index (χ1v) is 8.06. The third kappa shape index (κ3) is 4.48. The molecular weight excluding hydrogens is 344 g/mol. The molecule has 0 aliphatic carbocycles. The summed E-state index contributed by atoms with van der Waals surface area (Å²) < 4.78 is 5.66. The van der Waals surface area contributed by atoms with Crippen LogP contribution in [0.4, 0.5) is 11.4 Å². The first-order chi connectivity index (χ1) is 11.7. The van der Waals surface area contributed by atoms with E-state index in [9.17, 15) is 14.9 Å². The predicted molar refractivity (Wildman–Crippen MR) is 97.5 cm³/mol. The van der Waals surface area contributed by atoms with Crippen molar-refractivity contribution < 1.29 is 14.5 Å². The van der Waals surface area contributed by atoms with Gasteiger partial charge in [0, 0.05) is 22.3 Å². The second-order valence-electron chi connectivity index (χ2n) is 5.88. The van der Waals surface area contributed by atoms with Crippen molar-refractivity contribution in [2.45, 2.75) is 33.8 Å². The molecule has 2 aromatic carbocycles. The molecule has 0 bridgehead atoms. The van der Waals surface area contributed by atoms with Crippen LogP contribution in [-0.2, 0) is 4.79 Å². The zero-order chi connectivity index (χ0) is 18.7. The van der Waals surface area contributed by atoms with Crippen LogP contribution in [0.15, 0.2) is 30.3 Å². The smallest absolute Gasteiger partial charge is 0.274 e. The molecule has 0 aliphatic rings. The maximum Gasteiger partial charge on any atom is 0.274 e. The molecule has 25 heavy (non-hydrogen) atoms. The second-order valence-corrected chi connectivity index (χ2v) is 6.26. The Kier molecular flexibility index (Phi) is 5.64. The molecule has 0 radical (unpaired) electrons. The molecule has 0 saturated carbocycles. The van der Waals surface area contributed by atoms with Crippen molar-refractivity contribution in [1.29, 1.82) is 0 Å². The fraction of sp³-hybridized carbons (Fsp3) is 0.278. The van der Waals surface area contributed by atoms with Gasteiger partial charge in [-0.15, -0.1) is 0 Å². The highest BCUT2D eigenvalue weighted by Crippen LogP contribution is 2.27. The second kappa shape index (κ2) is 7.53. The number of amides is 1. The van der Waals surface area contributed by atoms with Gasteiger partial charge in [0.25, 0.3) is 11.6 Å². The number of aryl methyl sites for hydroxylation is 3. The third-order valence-electron chi connectivity index (χ3n) is 3.77. The number of nitro groups is 1. The molecule has 6 nitrogen and oxygen atoms in total. The Hall–Kier alpha value is -2.60. The van der Waals surface area contributed by atoms with E-state index in [0.29, 0.717) is 22.0 Å². The van der Waals surface area contributed by atoms with Gasteiger partial charge in [-0.3, -0.25) is 14.9 Å². The van der Waals surface area contributed by atoms with E-state index >= 15 is 0 Å². The Balaban J connectivity index is 2.11. The Labute approximate surface area is 150 Å². The molecule has 2 rings (SSSR count). The summed E-state index contributed by atoms with van der Waals surface area (Å²) in [5, 5.41) is 14.3. The first-order valence-electron chi connectivity index (χ1n) is 7.68. The van der Waals surface area contributed by atoms with Crippen LogP contribution in [0.25, 0.3) is 0 Å². The molecule has 0 fully saturated rings. The molecule has 0 heterocycles. The molecule has 1 N–H and O–H groups in total. The predicted octanol–water partition coefficient (Wildman–Crippen LogP) is 4.58. The normalized spacial score (nSPS) is 11.7. The van der Waals surface area contributed by atoms with Gasteiger partial charge in [-0.25, -0.2) is 0 Å². The number of carbonyl (C=O) groups excluding carboxylic acids is 1. The average molecular weight is 363 g/mol. The Bertz CT molecular complexity index is 813. The number of anilines is 1. The largest absolute Gasteiger partial charge is 0.481 e. The topological polar surface area (TPSA) is 81.5 Å². The van der Waals surface area contributed by atoms with E-state index < -0.39 is 16.9 Å². The van der Waals surface area contributed by atoms with Gasteiger partial charge in [0.2, 0.25) is 0 Å². The molecule has 0 saturated heterocycles. The molecular formula is C18H19ClN2O4. The van der Waals surface area contributed by atoms with Crippen molar-refractivity contribution >= 4 is 28.9 Å². The van der Waals surface area contributed by atoms with Crippen molar-refractivity contribution in [2.75, 3.05) is 5.32 Å². The SMILES string of the molecule is Cc1ccc(NC(=O)C(C)Oc2cc(C)c(Cl)c(C)c2)cc1[N+](=O)[O-]. The summed E-state index contributed by atoms with van der Waals surface area (Å²) in [4.78, 5) is 22.8. The van der Waals surface area contributed by atoms with Gasteiger partial charge in [-0.2, -0.15) is 0 Å². The number of carbonyl (C=O) groups is 1. The summed E-state index contributed by atoms with van der Waals surface area (Å²) >= 11 is 6.12. The van der Waals surface area contributed by atoms with Gasteiger partial charge in [-0.1, -0.05) is 17.7 Å². The lowest BCUT2D eigenvalue weighted by molar-refractivity contribution is -0.385. The highest BCUT2D eigenvalue weighted by atomic mass is 35.5. The third-order valence-corrected chi connectivity index (χ3v) is 4.36. The van der Waals surface area contributed by atoms with Crippen molar-refractivity contribution in [1.82, 2.24) is 0 Å². The molecule has 1 unspecified atom stereocenters. The van der Waals surface area contributed by atoms with Gasteiger partial charge in [-0.05, 0) is 57.0 Å². The quantitative estimate of drug-likeness (QED) is 0.623. The van der Waals surface area contributed by atoms with Gasteiger partial charge in [0.05, 0.1) is 4.92 Å². The van der Waals surface area contributed by atoms with Crippen LogP contribution in [0.1, 0.15) is 23.6 Å². The highest BCUT2D eigenvalue weighted by molar-refractivity contribution is 6.32. The van der Waals surface area contributed by atoms with Crippen LogP contribution in [0.3, 0.4) is 0 Å². The van der Waals surface area contributed by atoms with E-state index in [4.69, 9.17) is 16.3 Å². The number of rotatable bonds is 5. The number of halogens is 1. The van der Waals surface area contributed by atoms with Crippen LogP contribution in [-0.4, -0.2) is 16.9 Å². The van der Waals surface area contributed by atoms with Crippen molar-refractivity contribution in [3.8, 4) is 5.75 Å². The monoisotopic (exact) mass is 362 g/mol. The molecule has 2 aromatic rings. The van der Waals surface area contributed by atoms with Gasteiger partial charge in [0.15, 0.2) is 6.10 Å². The Morgan fingerprint density at radius 3 is 2.32 bits per heavy atom. The summed E-state index contributed by atoms with van der Waals surface area (Å²) in [6.07, 6.45) is -0.777. The number of hydrogen-bond acceptors (Lipinski definition) is 4. The summed E-state index contributed by atoms with van der Waals surface area (Å²) in [5.74, 6) is 0.139. The Morgan fingerprint density at radius 2 is 1.76 bits per heavy atom. The molecule has 0 aromatic heterocycles. The van der Waals surface area contributed by atoms with Gasteiger partial charge < -0.3 is 10.1 Å². The molecule has 1 amide bonds. The van der Waals surface area contributed by atoms with Crippen LogP contribution < -0.4 is 10.1 Å². The van der Waals surface area contributed by atoms with Crippen LogP contribution in [0.2, 0.25) is 5.02 Å². The number of nitro benzene ring substituents is 1. The van der Waals surface area contributed by atoms with E-state index in [1.165, 1.54) is 6.07 Å². The van der Waals surface area contributed by atoms with Crippen LogP contribution in [0.5, 0.6) is 5.75 Å². The molecule has 0 spiro atoms. The van der Waals surface area contributed by atoms with Gasteiger partial charge in [0.1, 0.15) is 5.75 Å². The highest BCUT2D eigenvalue weighted by Gasteiger charge is 2.18. The maximum absolute atomic E-state index is 12.3. The van der Waals surface area contributed by atoms with Crippen LogP contribution >= 0.6 is 11.6 Å². The fourth-order valence-electron chi connectivity index (χ4n) is 2.36. The Morgan fingerprint density at radius 1 is 1.16 bits per heavy atom. The number of nitrogens with zero attached hydrogens (tertiary/aromatic N) is 1. The fourth-order valence-corrected chi connectivity index (χ4v) is 2.47. The lowest BCUT2D eigenvalue weighted by Gasteiger charge is -2.16. The molecule has 1 atom stereocenters. The summed E-state index contributed by atoms with van der Waals surface area (Å²) in [5.41, 5.74) is 2.55. The van der Waals surface area contributed by atoms with E-state index in [2.05, 4.69) is 5.32 Å². The standard InChI is InChI=1S/C18H19ClN2O4/c1-10-5-6-14(9-16(10)21(23)24)20-18(22)13(4)25-15-7-11(2)17(19)12(3)8-15/h5-9,13H,1-4H3,(H,20,22). The zero-order valence-corrected chi connectivity index (χ0v) is 15.2. The van der Waals surface area contributed by atoms with Gasteiger partial charge >= 0.3 is 0 Å². The molecule has 132 valence electrons. The summed E-state index contributed by atoms with van der Waals surface area (Å²) in [7, 11) is 0. The number of benzene rings is 2. The van der Waals surface area contributed by atoms with E-state index in [-0.39, 0.29) is 5.69 Å². The van der Waals surface area contributed by atoms with Crippen molar-refractivity contribution in [3.63, 3.8) is 0 Å². The molecule has 0 aliphatic heterocycles. The number of nitrogens with one attached hydrogen (secondary N) is 1. The van der Waals surface area contributed by atoms with E-state index in [0.717, 1.165) is 11.1 Å². The lowest BCUT2D eigenvalue weighted by Crippen LogP contribution is -2.30. The molecule has 7 heteroatoms. The minimum atomic E-state index is -0.777. The van der Waals surface area contributed by atoms with Crippen LogP contribution in [0, 0.1) is 30.9 Å². The summed E-state index contributed by atoms with van der Waals surface area (Å²) in [6, 6.07) is 8.05. The van der Waals surface area contributed by atoms with Crippen molar-refractivity contribution in [2.24, 2.45) is 0 Å². The van der Waals surface area contributed by atoms with Crippen molar-refractivity contribution in [3.05, 3.63) is 62.2 Å². The maximum atomic E-state index is 12.3. The number of hydrogen-bond donors (Lipinski definition) is 1. The zero-order valence-electron chi connectivity index (χ0n) is 14.4. The minimum Gasteiger partial charge on any atom is -0.481 e. The summed E-state index contributed by atoms with van der Waals surface area (Å²) in [6.45, 7) is 6.97. The van der Waals surface area contributed by atoms with E-state index in [1.54, 1.807) is 38.1 Å². The average Bonchev–Trinajstić information content (AvgIpc) is 2.53. The minimum absolute atomic E-state index is 0.0460.